The molecular formula is C14H24N4O2. The second-order valence-corrected chi connectivity index (χ2v) is 6.17. The largest absolute Gasteiger partial charge is 0.329 e. The van der Waals surface area contributed by atoms with Gasteiger partial charge in [0.2, 0.25) is 5.91 Å². The normalized spacial score (nSPS) is 25.3. The number of hydrogen-bond donors (Lipinski definition) is 2. The highest BCUT2D eigenvalue weighted by Crippen LogP contribution is 2.28. The van der Waals surface area contributed by atoms with Gasteiger partial charge in [-0.2, -0.15) is 0 Å². The summed E-state index contributed by atoms with van der Waals surface area (Å²) in [7, 11) is 0. The van der Waals surface area contributed by atoms with Gasteiger partial charge in [-0.05, 0) is 51.2 Å². The molecule has 3 rings (SSSR count). The number of carbonyl (C=O) groups excluding carboxylic acids is 2. The maximum atomic E-state index is 11.5. The molecule has 2 aliphatic heterocycles. The summed E-state index contributed by atoms with van der Waals surface area (Å²) < 4.78 is 0. The van der Waals surface area contributed by atoms with E-state index in [0.717, 1.165) is 25.6 Å². The molecule has 20 heavy (non-hydrogen) atoms. The summed E-state index contributed by atoms with van der Waals surface area (Å²) in [6, 6.07) is 0.416. The highest BCUT2D eigenvalue weighted by atomic mass is 16.2. The molecular weight excluding hydrogens is 256 g/mol. The monoisotopic (exact) mass is 280 g/mol. The van der Waals surface area contributed by atoms with Gasteiger partial charge >= 0.3 is 6.03 Å². The molecule has 2 saturated heterocycles. The molecule has 0 aromatic heterocycles. The van der Waals surface area contributed by atoms with Crippen LogP contribution < -0.4 is 10.6 Å². The maximum Gasteiger partial charge on any atom is 0.324 e. The third-order valence-electron chi connectivity index (χ3n) is 4.56. The van der Waals surface area contributed by atoms with E-state index in [1.165, 1.54) is 37.1 Å². The molecule has 0 atom stereocenters. The second-order valence-electron chi connectivity index (χ2n) is 6.17. The minimum Gasteiger partial charge on any atom is -0.329 e. The first-order valence-electron chi connectivity index (χ1n) is 7.76. The van der Waals surface area contributed by atoms with Crippen molar-refractivity contribution in [1.82, 2.24) is 20.4 Å². The Morgan fingerprint density at radius 2 is 1.85 bits per heavy atom. The zero-order valence-electron chi connectivity index (χ0n) is 11.9. The van der Waals surface area contributed by atoms with E-state index in [2.05, 4.69) is 15.5 Å². The summed E-state index contributed by atoms with van der Waals surface area (Å²) >= 11 is 0. The van der Waals surface area contributed by atoms with Crippen LogP contribution in [0.2, 0.25) is 0 Å². The standard InChI is InChI=1S/C14H24N4O2/c19-13-10-16-14(20)18(13)8-7-17-5-3-12(4-6-17)15-9-11-1-2-11/h11-12,15H,1-10H2,(H,16,20). The molecule has 0 spiro atoms. The second kappa shape index (κ2) is 6.10. The van der Waals surface area contributed by atoms with Gasteiger partial charge in [-0.25, -0.2) is 4.79 Å². The van der Waals surface area contributed by atoms with Crippen LogP contribution in [0.4, 0.5) is 4.79 Å². The zero-order valence-corrected chi connectivity index (χ0v) is 11.9. The Balaban J connectivity index is 1.33. The predicted octanol–water partition coefficient (Wildman–Crippen LogP) is 0.00220. The molecule has 0 bridgehead atoms. The number of rotatable bonds is 6. The molecule has 112 valence electrons. The van der Waals surface area contributed by atoms with Crippen molar-refractivity contribution >= 4 is 11.9 Å². The first-order chi connectivity index (χ1) is 9.72. The fourth-order valence-corrected chi connectivity index (χ4v) is 2.94. The lowest BCUT2D eigenvalue weighted by Gasteiger charge is -2.33. The van der Waals surface area contributed by atoms with Gasteiger partial charge in [-0.3, -0.25) is 9.69 Å². The average Bonchev–Trinajstić information content (AvgIpc) is 3.23. The van der Waals surface area contributed by atoms with Crippen molar-refractivity contribution < 1.29 is 9.59 Å². The van der Waals surface area contributed by atoms with Crippen LogP contribution in [-0.4, -0.2) is 67.0 Å². The van der Waals surface area contributed by atoms with Crippen LogP contribution in [0, 0.1) is 5.92 Å². The average molecular weight is 280 g/mol. The maximum absolute atomic E-state index is 11.5. The van der Waals surface area contributed by atoms with Crippen molar-refractivity contribution in [3.63, 3.8) is 0 Å². The number of piperidine rings is 1. The van der Waals surface area contributed by atoms with Crippen molar-refractivity contribution in [2.45, 2.75) is 31.7 Å². The number of hydrogen-bond acceptors (Lipinski definition) is 4. The van der Waals surface area contributed by atoms with Crippen molar-refractivity contribution in [3.8, 4) is 0 Å². The summed E-state index contributed by atoms with van der Waals surface area (Å²) in [5, 5.41) is 6.22. The molecule has 3 aliphatic rings. The van der Waals surface area contributed by atoms with Crippen LogP contribution >= 0.6 is 0 Å². The summed E-state index contributed by atoms with van der Waals surface area (Å²) in [4.78, 5) is 26.6. The minimum atomic E-state index is -0.240. The Kier molecular flexibility index (Phi) is 4.21. The number of nitrogens with zero attached hydrogens (tertiary/aromatic N) is 2. The van der Waals surface area contributed by atoms with E-state index < -0.39 is 0 Å². The highest BCUT2D eigenvalue weighted by molar-refractivity contribution is 6.01. The molecule has 0 aromatic rings. The van der Waals surface area contributed by atoms with Gasteiger partial charge < -0.3 is 15.5 Å². The van der Waals surface area contributed by atoms with Crippen molar-refractivity contribution in [3.05, 3.63) is 0 Å². The Morgan fingerprint density at radius 3 is 2.45 bits per heavy atom. The fraction of sp³-hybridized carbons (Fsp3) is 0.857. The number of nitrogens with one attached hydrogen (secondary N) is 2. The Morgan fingerprint density at radius 1 is 1.10 bits per heavy atom. The van der Waals surface area contributed by atoms with Gasteiger partial charge in [-0.1, -0.05) is 0 Å². The molecule has 0 unspecified atom stereocenters. The van der Waals surface area contributed by atoms with E-state index in [-0.39, 0.29) is 18.5 Å². The van der Waals surface area contributed by atoms with Gasteiger partial charge in [-0.15, -0.1) is 0 Å². The molecule has 0 radical (unpaired) electrons. The van der Waals surface area contributed by atoms with Crippen molar-refractivity contribution in [2.24, 2.45) is 5.92 Å². The van der Waals surface area contributed by atoms with Gasteiger partial charge in [0, 0.05) is 19.1 Å². The Bertz CT molecular complexity index is 359. The first kappa shape index (κ1) is 13.8. The van der Waals surface area contributed by atoms with E-state index in [9.17, 15) is 9.59 Å². The third-order valence-corrected chi connectivity index (χ3v) is 4.56. The third kappa shape index (κ3) is 3.49. The summed E-state index contributed by atoms with van der Waals surface area (Å²) in [6.07, 6.45) is 5.15. The number of amides is 3. The van der Waals surface area contributed by atoms with E-state index in [4.69, 9.17) is 0 Å². The minimum absolute atomic E-state index is 0.101. The van der Waals surface area contributed by atoms with Gasteiger partial charge in [0.15, 0.2) is 0 Å². The first-order valence-corrected chi connectivity index (χ1v) is 7.76. The van der Waals surface area contributed by atoms with Gasteiger partial charge in [0.25, 0.3) is 0 Å². The Labute approximate surface area is 119 Å². The highest BCUT2D eigenvalue weighted by Gasteiger charge is 2.29. The van der Waals surface area contributed by atoms with Crippen LogP contribution in [0.1, 0.15) is 25.7 Å². The molecule has 6 heteroatoms. The van der Waals surface area contributed by atoms with Crippen LogP contribution in [0.5, 0.6) is 0 Å². The number of imide groups is 1. The molecule has 3 fully saturated rings. The van der Waals surface area contributed by atoms with Crippen LogP contribution in [0.3, 0.4) is 0 Å². The number of likely N-dealkylation sites (tertiary alicyclic amines) is 1. The molecule has 3 amide bonds. The van der Waals surface area contributed by atoms with E-state index in [1.807, 2.05) is 0 Å². The molecule has 2 N–H and O–H groups in total. The SMILES string of the molecule is O=C1CNC(=O)N1CCN1CCC(NCC2CC2)CC1. The molecule has 1 saturated carbocycles. The van der Waals surface area contributed by atoms with Gasteiger partial charge in [0.05, 0.1) is 6.54 Å². The van der Waals surface area contributed by atoms with E-state index in [1.54, 1.807) is 0 Å². The van der Waals surface area contributed by atoms with E-state index in [0.29, 0.717) is 12.6 Å². The number of carbonyl (C=O) groups is 2. The van der Waals surface area contributed by atoms with Crippen LogP contribution in [0.15, 0.2) is 0 Å². The lowest BCUT2D eigenvalue weighted by molar-refractivity contribution is -0.125. The lowest BCUT2D eigenvalue weighted by Crippen LogP contribution is -2.46. The summed E-state index contributed by atoms with van der Waals surface area (Å²) in [5.41, 5.74) is 0. The molecule has 6 nitrogen and oxygen atoms in total. The van der Waals surface area contributed by atoms with Crippen molar-refractivity contribution in [2.75, 3.05) is 39.3 Å². The molecule has 1 aliphatic carbocycles. The topological polar surface area (TPSA) is 64.7 Å². The Hall–Kier alpha value is -1.14. The fourth-order valence-electron chi connectivity index (χ4n) is 2.94. The summed E-state index contributed by atoms with van der Waals surface area (Å²) in [5.74, 6) is 0.837. The smallest absolute Gasteiger partial charge is 0.324 e. The van der Waals surface area contributed by atoms with Crippen LogP contribution in [-0.2, 0) is 4.79 Å². The molecule has 0 aromatic carbocycles. The number of urea groups is 1. The lowest BCUT2D eigenvalue weighted by atomic mass is 10.0. The summed E-state index contributed by atoms with van der Waals surface area (Å²) in [6.45, 7) is 4.79. The van der Waals surface area contributed by atoms with E-state index >= 15 is 0 Å². The quantitative estimate of drug-likeness (QED) is 0.672. The predicted molar refractivity (Wildman–Crippen MR) is 75.3 cm³/mol. The zero-order chi connectivity index (χ0) is 13.9. The molecule has 2 heterocycles. The van der Waals surface area contributed by atoms with Gasteiger partial charge in [0.1, 0.15) is 0 Å². The van der Waals surface area contributed by atoms with Crippen LogP contribution in [0.25, 0.3) is 0 Å². The van der Waals surface area contributed by atoms with Crippen molar-refractivity contribution in [1.29, 1.82) is 0 Å².